The number of fused-ring (bicyclic) bond motifs is 6. The van der Waals surface area contributed by atoms with Crippen LogP contribution in [0.2, 0.25) is 0 Å². The normalized spacial score (nSPS) is 11.5. The summed E-state index contributed by atoms with van der Waals surface area (Å²) in [5, 5.41) is 4.86. The Balaban J connectivity index is 1.10. The van der Waals surface area contributed by atoms with Gasteiger partial charge in [0.2, 0.25) is 0 Å². The molecule has 3 heteroatoms. The molecule has 0 saturated heterocycles. The Bertz CT molecular complexity index is 3250. The first-order valence-electron chi connectivity index (χ1n) is 19.3. The van der Waals surface area contributed by atoms with Crippen LogP contribution in [-0.4, -0.2) is 0 Å². The van der Waals surface area contributed by atoms with Crippen LogP contribution in [0.3, 0.4) is 0 Å². The van der Waals surface area contributed by atoms with Crippen molar-refractivity contribution in [2.24, 2.45) is 0 Å². The van der Waals surface area contributed by atoms with Crippen molar-refractivity contribution in [2.45, 2.75) is 0 Å². The maximum absolute atomic E-state index is 6.27. The van der Waals surface area contributed by atoms with Gasteiger partial charge in [-0.1, -0.05) is 164 Å². The number of para-hydroxylation sites is 2. The van der Waals surface area contributed by atoms with Crippen LogP contribution in [0.25, 0.3) is 86.6 Å². The molecule has 11 aromatic rings. The number of anilines is 3. The zero-order valence-electron chi connectivity index (χ0n) is 31.0. The molecular formula is C54H35NOS. The fraction of sp³-hybridized carbons (Fsp3) is 0. The van der Waals surface area contributed by atoms with E-state index >= 15 is 0 Å². The summed E-state index contributed by atoms with van der Waals surface area (Å²) >= 11 is 1.85. The van der Waals surface area contributed by atoms with Crippen molar-refractivity contribution >= 4 is 70.5 Å². The van der Waals surface area contributed by atoms with Gasteiger partial charge >= 0.3 is 0 Å². The SMILES string of the molecule is c1ccc(-c2ccccc2-c2ccccc2-c2ccccc2N(c2ccc(-c3cccc4oc5ccccc5c34)cc2)c2ccc3c(c2)sc2ccccc23)cc1. The minimum Gasteiger partial charge on any atom is -0.456 e. The molecular weight excluding hydrogens is 711 g/mol. The fourth-order valence-electron chi connectivity index (χ4n) is 8.52. The second-order valence-corrected chi connectivity index (χ2v) is 15.5. The van der Waals surface area contributed by atoms with Gasteiger partial charge in [-0.05, 0) is 87.5 Å². The van der Waals surface area contributed by atoms with Crippen molar-refractivity contribution in [3.8, 4) is 44.5 Å². The minimum atomic E-state index is 0.900. The van der Waals surface area contributed by atoms with Gasteiger partial charge in [0.25, 0.3) is 0 Å². The molecule has 0 aliphatic carbocycles. The van der Waals surface area contributed by atoms with Crippen LogP contribution >= 0.6 is 11.3 Å². The number of nitrogens with zero attached hydrogens (tertiary/aromatic N) is 1. The van der Waals surface area contributed by atoms with Gasteiger partial charge in [-0.25, -0.2) is 0 Å². The van der Waals surface area contributed by atoms with Crippen LogP contribution in [0.4, 0.5) is 17.1 Å². The van der Waals surface area contributed by atoms with E-state index in [1.807, 2.05) is 23.5 Å². The minimum absolute atomic E-state index is 0.900. The van der Waals surface area contributed by atoms with E-state index in [1.54, 1.807) is 0 Å². The van der Waals surface area contributed by atoms with Gasteiger partial charge in [-0.2, -0.15) is 0 Å². The average Bonchev–Trinajstić information content (AvgIpc) is 3.86. The summed E-state index contributed by atoms with van der Waals surface area (Å²) in [6.07, 6.45) is 0. The molecule has 9 aromatic carbocycles. The first kappa shape index (κ1) is 33.2. The first-order chi connectivity index (χ1) is 28.3. The summed E-state index contributed by atoms with van der Waals surface area (Å²) in [6.45, 7) is 0. The molecule has 0 fully saturated rings. The van der Waals surface area contributed by atoms with Crippen LogP contribution < -0.4 is 4.90 Å². The van der Waals surface area contributed by atoms with Gasteiger partial charge in [0, 0.05) is 47.9 Å². The predicted octanol–water partition coefficient (Wildman–Crippen LogP) is 16.1. The molecule has 0 aliphatic rings. The third-order valence-corrected chi connectivity index (χ3v) is 12.3. The van der Waals surface area contributed by atoms with E-state index in [4.69, 9.17) is 4.42 Å². The highest BCUT2D eigenvalue weighted by Gasteiger charge is 2.21. The highest BCUT2D eigenvalue weighted by Crippen LogP contribution is 2.47. The fourth-order valence-corrected chi connectivity index (χ4v) is 9.66. The van der Waals surface area contributed by atoms with Gasteiger partial charge in [0.15, 0.2) is 0 Å². The smallest absolute Gasteiger partial charge is 0.136 e. The van der Waals surface area contributed by atoms with Gasteiger partial charge in [0.1, 0.15) is 11.2 Å². The lowest BCUT2D eigenvalue weighted by molar-refractivity contribution is 0.669. The van der Waals surface area contributed by atoms with Gasteiger partial charge in [-0.15, -0.1) is 11.3 Å². The standard InChI is InChI=1S/C54H35NOS/c1-2-15-36(16-3-1)40-17-4-5-18-42(40)43-19-6-7-20-44(43)45-21-8-11-25-49(45)55(39-33-34-47-46-22-10-13-28-52(46)57-53(47)35-39)38-31-29-37(30-32-38)41-24-14-27-51-54(41)48-23-9-12-26-50(48)56-51/h1-35H. The lowest BCUT2D eigenvalue weighted by Crippen LogP contribution is -2.11. The van der Waals surface area contributed by atoms with Gasteiger partial charge < -0.3 is 9.32 Å². The molecule has 0 unspecified atom stereocenters. The Hall–Kier alpha value is -7.20. The number of hydrogen-bond acceptors (Lipinski definition) is 3. The number of benzene rings is 9. The number of hydrogen-bond donors (Lipinski definition) is 0. The summed E-state index contributed by atoms with van der Waals surface area (Å²) in [5.41, 5.74) is 14.6. The summed E-state index contributed by atoms with van der Waals surface area (Å²) in [6, 6.07) is 76.5. The molecule has 0 radical (unpaired) electrons. The number of rotatable bonds is 7. The maximum Gasteiger partial charge on any atom is 0.136 e. The van der Waals surface area contributed by atoms with E-state index in [2.05, 4.69) is 205 Å². The summed E-state index contributed by atoms with van der Waals surface area (Å²) in [5.74, 6) is 0. The first-order valence-corrected chi connectivity index (χ1v) is 20.2. The van der Waals surface area contributed by atoms with Crippen LogP contribution in [0.5, 0.6) is 0 Å². The van der Waals surface area contributed by atoms with Crippen LogP contribution in [-0.2, 0) is 0 Å². The highest BCUT2D eigenvalue weighted by molar-refractivity contribution is 7.25. The third-order valence-electron chi connectivity index (χ3n) is 11.1. The Morgan fingerprint density at radius 3 is 1.68 bits per heavy atom. The van der Waals surface area contributed by atoms with Crippen molar-refractivity contribution in [3.05, 3.63) is 212 Å². The summed E-state index contributed by atoms with van der Waals surface area (Å²) in [7, 11) is 0. The number of thiophene rings is 1. The quantitative estimate of drug-likeness (QED) is 0.162. The Morgan fingerprint density at radius 2 is 0.877 bits per heavy atom. The highest BCUT2D eigenvalue weighted by atomic mass is 32.1. The largest absolute Gasteiger partial charge is 0.456 e. The van der Waals surface area contributed by atoms with E-state index in [1.165, 1.54) is 48.0 Å². The molecule has 0 aliphatic heterocycles. The molecule has 2 heterocycles. The van der Waals surface area contributed by atoms with Crippen molar-refractivity contribution < 1.29 is 4.42 Å². The average molecular weight is 746 g/mol. The molecule has 0 N–H and O–H groups in total. The Labute approximate surface area is 335 Å². The van der Waals surface area contributed by atoms with Crippen molar-refractivity contribution in [1.82, 2.24) is 0 Å². The van der Waals surface area contributed by atoms with Crippen molar-refractivity contribution in [2.75, 3.05) is 4.90 Å². The van der Waals surface area contributed by atoms with E-state index in [0.717, 1.165) is 55.7 Å². The molecule has 0 spiro atoms. The van der Waals surface area contributed by atoms with Gasteiger partial charge in [-0.3, -0.25) is 0 Å². The van der Waals surface area contributed by atoms with E-state index < -0.39 is 0 Å². The molecule has 2 aromatic heterocycles. The molecule has 268 valence electrons. The van der Waals surface area contributed by atoms with Crippen LogP contribution in [0.1, 0.15) is 0 Å². The Kier molecular flexibility index (Phi) is 8.04. The van der Waals surface area contributed by atoms with Crippen molar-refractivity contribution in [1.29, 1.82) is 0 Å². The van der Waals surface area contributed by atoms with E-state index in [9.17, 15) is 0 Å². The molecule has 2 nitrogen and oxygen atoms in total. The third kappa shape index (κ3) is 5.71. The predicted molar refractivity (Wildman–Crippen MR) is 243 cm³/mol. The zero-order chi connectivity index (χ0) is 37.7. The second-order valence-electron chi connectivity index (χ2n) is 14.4. The molecule has 57 heavy (non-hydrogen) atoms. The summed E-state index contributed by atoms with van der Waals surface area (Å²) < 4.78 is 8.84. The van der Waals surface area contributed by atoms with Crippen molar-refractivity contribution in [3.63, 3.8) is 0 Å². The molecule has 11 rings (SSSR count). The lowest BCUT2D eigenvalue weighted by atomic mass is 9.88. The van der Waals surface area contributed by atoms with E-state index in [0.29, 0.717) is 0 Å². The lowest BCUT2D eigenvalue weighted by Gasteiger charge is -2.29. The zero-order valence-corrected chi connectivity index (χ0v) is 31.8. The maximum atomic E-state index is 6.27. The molecule has 0 bridgehead atoms. The van der Waals surface area contributed by atoms with Crippen LogP contribution in [0, 0.1) is 0 Å². The molecule has 0 amide bonds. The Morgan fingerprint density at radius 1 is 0.333 bits per heavy atom. The summed E-state index contributed by atoms with van der Waals surface area (Å²) in [4.78, 5) is 2.43. The molecule has 0 saturated carbocycles. The topological polar surface area (TPSA) is 16.4 Å². The number of furan rings is 1. The second kappa shape index (κ2) is 13.8. The van der Waals surface area contributed by atoms with E-state index in [-0.39, 0.29) is 0 Å². The monoisotopic (exact) mass is 745 g/mol. The van der Waals surface area contributed by atoms with Gasteiger partial charge in [0.05, 0.1) is 5.69 Å². The molecule has 0 atom stereocenters. The van der Waals surface area contributed by atoms with Crippen LogP contribution in [0.15, 0.2) is 217 Å².